The molecule has 1 aromatic heterocycles. The molecule has 0 saturated carbocycles. The van der Waals surface area contributed by atoms with E-state index >= 15 is 0 Å². The molecule has 0 aliphatic rings. The molecular formula is C10H15NO3. The summed E-state index contributed by atoms with van der Waals surface area (Å²) in [5, 5.41) is 9.52. The highest BCUT2D eigenvalue weighted by Crippen LogP contribution is 2.08. The Morgan fingerprint density at radius 2 is 2.29 bits per heavy atom. The van der Waals surface area contributed by atoms with Crippen LogP contribution in [0, 0.1) is 0 Å². The van der Waals surface area contributed by atoms with Gasteiger partial charge in [0, 0.05) is 13.6 Å². The maximum Gasteiger partial charge on any atom is 0.256 e. The van der Waals surface area contributed by atoms with Crippen LogP contribution in [0.2, 0.25) is 0 Å². The van der Waals surface area contributed by atoms with E-state index in [9.17, 15) is 9.90 Å². The summed E-state index contributed by atoms with van der Waals surface area (Å²) in [7, 11) is 1.65. The molecule has 14 heavy (non-hydrogen) atoms. The lowest BCUT2D eigenvalue weighted by Crippen LogP contribution is -2.39. The number of nitrogens with zero attached hydrogens (tertiary/aromatic N) is 1. The summed E-state index contributed by atoms with van der Waals surface area (Å²) in [6, 6.07) is 1.60. The van der Waals surface area contributed by atoms with Crippen LogP contribution in [0.3, 0.4) is 0 Å². The van der Waals surface area contributed by atoms with Gasteiger partial charge in [-0.15, -0.1) is 0 Å². The van der Waals surface area contributed by atoms with E-state index in [1.807, 2.05) is 0 Å². The van der Waals surface area contributed by atoms with Gasteiger partial charge in [0.05, 0.1) is 17.4 Å². The Morgan fingerprint density at radius 3 is 2.71 bits per heavy atom. The Balaban J connectivity index is 2.63. The number of hydrogen-bond donors (Lipinski definition) is 1. The molecule has 0 bridgehead atoms. The Morgan fingerprint density at radius 1 is 1.64 bits per heavy atom. The highest BCUT2D eigenvalue weighted by atomic mass is 16.3. The van der Waals surface area contributed by atoms with Crippen LogP contribution in [-0.4, -0.2) is 35.1 Å². The standard InChI is InChI=1S/C10H15NO3/c1-10(2,13)7-11(3)9(12)8-4-5-14-6-8/h4-6,13H,7H2,1-3H3. The summed E-state index contributed by atoms with van der Waals surface area (Å²) in [5.41, 5.74) is -0.384. The van der Waals surface area contributed by atoms with Gasteiger partial charge in [0.2, 0.25) is 0 Å². The number of furan rings is 1. The molecule has 0 aromatic carbocycles. The van der Waals surface area contributed by atoms with Crippen molar-refractivity contribution in [2.45, 2.75) is 19.4 Å². The SMILES string of the molecule is CN(CC(C)(C)O)C(=O)c1ccoc1. The van der Waals surface area contributed by atoms with Crippen molar-refractivity contribution in [3.05, 3.63) is 24.2 Å². The van der Waals surface area contributed by atoms with Crippen molar-refractivity contribution in [2.75, 3.05) is 13.6 Å². The van der Waals surface area contributed by atoms with Crippen molar-refractivity contribution in [3.63, 3.8) is 0 Å². The molecular weight excluding hydrogens is 182 g/mol. The number of likely N-dealkylation sites (N-methyl/N-ethyl adjacent to an activating group) is 1. The average Bonchev–Trinajstić information content (AvgIpc) is 2.51. The predicted molar refractivity (Wildman–Crippen MR) is 52.0 cm³/mol. The molecule has 0 unspecified atom stereocenters. The second kappa shape index (κ2) is 3.84. The molecule has 0 fully saturated rings. The first kappa shape index (κ1) is 10.8. The zero-order valence-corrected chi connectivity index (χ0v) is 8.65. The Bertz CT molecular complexity index is 298. The highest BCUT2D eigenvalue weighted by Gasteiger charge is 2.20. The second-order valence-corrected chi connectivity index (χ2v) is 3.99. The minimum atomic E-state index is -0.881. The summed E-state index contributed by atoms with van der Waals surface area (Å²) >= 11 is 0. The third kappa shape index (κ3) is 2.88. The van der Waals surface area contributed by atoms with Crippen LogP contribution in [0.1, 0.15) is 24.2 Å². The fourth-order valence-corrected chi connectivity index (χ4v) is 1.26. The molecule has 0 saturated heterocycles. The van der Waals surface area contributed by atoms with Crippen LogP contribution in [-0.2, 0) is 0 Å². The molecule has 0 atom stereocenters. The van der Waals surface area contributed by atoms with Gasteiger partial charge in [-0.05, 0) is 19.9 Å². The van der Waals surface area contributed by atoms with Gasteiger partial charge in [-0.3, -0.25) is 4.79 Å². The van der Waals surface area contributed by atoms with Crippen LogP contribution in [0.25, 0.3) is 0 Å². The summed E-state index contributed by atoms with van der Waals surface area (Å²) in [6.45, 7) is 3.61. The van der Waals surface area contributed by atoms with E-state index in [1.165, 1.54) is 17.4 Å². The van der Waals surface area contributed by atoms with Crippen LogP contribution in [0.15, 0.2) is 23.0 Å². The van der Waals surface area contributed by atoms with Crippen LogP contribution >= 0.6 is 0 Å². The van der Waals surface area contributed by atoms with Crippen LogP contribution in [0.5, 0.6) is 0 Å². The van der Waals surface area contributed by atoms with Gasteiger partial charge in [-0.2, -0.15) is 0 Å². The van der Waals surface area contributed by atoms with Gasteiger partial charge >= 0.3 is 0 Å². The van der Waals surface area contributed by atoms with Gasteiger partial charge < -0.3 is 14.4 Å². The molecule has 1 rings (SSSR count). The first-order chi connectivity index (χ1) is 6.40. The zero-order chi connectivity index (χ0) is 10.8. The molecule has 1 N–H and O–H groups in total. The monoisotopic (exact) mass is 197 g/mol. The molecule has 1 aromatic rings. The zero-order valence-electron chi connectivity index (χ0n) is 8.65. The smallest absolute Gasteiger partial charge is 0.256 e. The molecule has 78 valence electrons. The van der Waals surface area contributed by atoms with E-state index in [4.69, 9.17) is 4.42 Å². The van der Waals surface area contributed by atoms with E-state index < -0.39 is 5.60 Å². The normalized spacial score (nSPS) is 11.4. The molecule has 0 spiro atoms. The second-order valence-electron chi connectivity index (χ2n) is 3.99. The number of carbonyl (C=O) groups is 1. The average molecular weight is 197 g/mol. The van der Waals surface area contributed by atoms with Gasteiger partial charge in [0.1, 0.15) is 6.26 Å². The first-order valence-electron chi connectivity index (χ1n) is 4.40. The minimum Gasteiger partial charge on any atom is -0.472 e. The van der Waals surface area contributed by atoms with Gasteiger partial charge in [0.15, 0.2) is 0 Å². The molecule has 0 radical (unpaired) electrons. The van der Waals surface area contributed by atoms with Gasteiger partial charge in [-0.1, -0.05) is 0 Å². The fraction of sp³-hybridized carbons (Fsp3) is 0.500. The van der Waals surface area contributed by atoms with Crippen molar-refractivity contribution in [1.82, 2.24) is 4.90 Å². The third-order valence-corrected chi connectivity index (χ3v) is 1.74. The van der Waals surface area contributed by atoms with Crippen molar-refractivity contribution in [2.24, 2.45) is 0 Å². The van der Waals surface area contributed by atoms with Gasteiger partial charge in [-0.25, -0.2) is 0 Å². The summed E-state index contributed by atoms with van der Waals surface area (Å²) < 4.78 is 4.81. The largest absolute Gasteiger partial charge is 0.472 e. The molecule has 4 nitrogen and oxygen atoms in total. The molecule has 4 heteroatoms. The lowest BCUT2D eigenvalue weighted by Gasteiger charge is -2.25. The summed E-state index contributed by atoms with van der Waals surface area (Å²) in [5.74, 6) is -0.152. The Labute approximate surface area is 83.1 Å². The minimum absolute atomic E-state index is 0.152. The first-order valence-corrected chi connectivity index (χ1v) is 4.40. The number of carbonyl (C=O) groups excluding carboxylic acids is 1. The van der Waals surface area contributed by atoms with Crippen LogP contribution in [0.4, 0.5) is 0 Å². The van der Waals surface area contributed by atoms with Crippen LogP contribution < -0.4 is 0 Å². The predicted octanol–water partition coefficient (Wildman–Crippen LogP) is 1.12. The van der Waals surface area contributed by atoms with E-state index in [-0.39, 0.29) is 12.5 Å². The van der Waals surface area contributed by atoms with E-state index in [0.29, 0.717) is 5.56 Å². The molecule has 1 amide bonds. The fourth-order valence-electron chi connectivity index (χ4n) is 1.26. The molecule has 0 aliphatic carbocycles. The number of amides is 1. The number of hydrogen-bond acceptors (Lipinski definition) is 3. The quantitative estimate of drug-likeness (QED) is 0.790. The van der Waals surface area contributed by atoms with E-state index in [0.717, 1.165) is 0 Å². The lowest BCUT2D eigenvalue weighted by molar-refractivity contribution is 0.0367. The summed E-state index contributed by atoms with van der Waals surface area (Å²) in [4.78, 5) is 13.1. The summed E-state index contributed by atoms with van der Waals surface area (Å²) in [6.07, 6.45) is 2.84. The van der Waals surface area contributed by atoms with Crippen molar-refractivity contribution in [3.8, 4) is 0 Å². The maximum absolute atomic E-state index is 11.6. The maximum atomic E-state index is 11.6. The van der Waals surface area contributed by atoms with Crippen molar-refractivity contribution in [1.29, 1.82) is 0 Å². The number of aliphatic hydroxyl groups is 1. The molecule has 0 aliphatic heterocycles. The van der Waals surface area contributed by atoms with Crippen molar-refractivity contribution >= 4 is 5.91 Å². The Kier molecular flexibility index (Phi) is 2.96. The lowest BCUT2D eigenvalue weighted by atomic mass is 10.1. The third-order valence-electron chi connectivity index (χ3n) is 1.74. The Hall–Kier alpha value is -1.29. The van der Waals surface area contributed by atoms with Gasteiger partial charge in [0.25, 0.3) is 5.91 Å². The van der Waals surface area contributed by atoms with Crippen molar-refractivity contribution < 1.29 is 14.3 Å². The number of rotatable bonds is 3. The van der Waals surface area contributed by atoms with E-state index in [1.54, 1.807) is 27.0 Å². The topological polar surface area (TPSA) is 53.7 Å². The molecule has 1 heterocycles. The highest BCUT2D eigenvalue weighted by molar-refractivity contribution is 5.93. The van der Waals surface area contributed by atoms with E-state index in [2.05, 4.69) is 0 Å².